The van der Waals surface area contributed by atoms with E-state index in [1.807, 2.05) is 0 Å². The van der Waals surface area contributed by atoms with Crippen molar-refractivity contribution >= 4 is 35.8 Å². The third-order valence-electron chi connectivity index (χ3n) is 6.93. The molecule has 2 N–H and O–H groups in total. The molecule has 180 valence electrons. The molecule has 0 spiro atoms. The van der Waals surface area contributed by atoms with Gasteiger partial charge in [-0.2, -0.15) is 0 Å². The molecule has 3 aliphatic rings. The van der Waals surface area contributed by atoms with E-state index in [2.05, 4.69) is 46.1 Å². The first kappa shape index (κ1) is 26.6. The first-order valence-electron chi connectivity index (χ1n) is 12.4. The maximum Gasteiger partial charge on any atom is 0.225 e. The number of aliphatic imine (C=N–C) groups is 1. The first-order valence-corrected chi connectivity index (χ1v) is 12.4. The van der Waals surface area contributed by atoms with Crippen LogP contribution < -0.4 is 10.6 Å². The van der Waals surface area contributed by atoms with Gasteiger partial charge in [0.15, 0.2) is 5.96 Å². The summed E-state index contributed by atoms with van der Waals surface area (Å²) in [6.45, 7) is 17.1. The topological polar surface area (TPSA) is 63.2 Å². The van der Waals surface area contributed by atoms with Crippen molar-refractivity contribution in [2.75, 3.05) is 65.4 Å². The number of carbonyl (C=O) groups is 1. The Morgan fingerprint density at radius 2 is 1.71 bits per heavy atom. The summed E-state index contributed by atoms with van der Waals surface area (Å²) in [6.07, 6.45) is 5.62. The van der Waals surface area contributed by atoms with E-state index >= 15 is 0 Å². The van der Waals surface area contributed by atoms with E-state index in [1.165, 1.54) is 39.0 Å². The summed E-state index contributed by atoms with van der Waals surface area (Å²) in [5.41, 5.74) is 0. The molecule has 2 unspecified atom stereocenters. The smallest absolute Gasteiger partial charge is 0.225 e. The fourth-order valence-corrected chi connectivity index (χ4v) is 5.06. The van der Waals surface area contributed by atoms with Gasteiger partial charge in [-0.25, -0.2) is 0 Å². The highest BCUT2D eigenvalue weighted by Gasteiger charge is 2.32. The van der Waals surface area contributed by atoms with E-state index in [0.717, 1.165) is 64.5 Å². The molecule has 1 saturated carbocycles. The van der Waals surface area contributed by atoms with Crippen LogP contribution in [0.5, 0.6) is 0 Å². The predicted molar refractivity (Wildman–Crippen MR) is 139 cm³/mol. The number of likely N-dealkylation sites (N-methyl/N-ethyl adjacent to an activating group) is 1. The van der Waals surface area contributed by atoms with Crippen LogP contribution in [0.2, 0.25) is 0 Å². The molecule has 3 rings (SSSR count). The zero-order valence-corrected chi connectivity index (χ0v) is 22.3. The molecule has 3 fully saturated rings. The molecule has 8 heteroatoms. The third kappa shape index (κ3) is 8.35. The van der Waals surface area contributed by atoms with Gasteiger partial charge in [-0.05, 0) is 38.6 Å². The van der Waals surface area contributed by atoms with Gasteiger partial charge in [-0.3, -0.25) is 9.79 Å². The number of carbonyl (C=O) groups excluding carboxylic acids is 1. The summed E-state index contributed by atoms with van der Waals surface area (Å²) in [5, 5.41) is 6.99. The highest BCUT2D eigenvalue weighted by molar-refractivity contribution is 14.0. The van der Waals surface area contributed by atoms with Crippen LogP contribution >= 0.6 is 24.0 Å². The second kappa shape index (κ2) is 13.8. The Hall–Kier alpha value is -0.610. The molecular formula is C23H45IN6O. The van der Waals surface area contributed by atoms with Crippen molar-refractivity contribution in [3.05, 3.63) is 0 Å². The van der Waals surface area contributed by atoms with E-state index in [0.29, 0.717) is 17.9 Å². The monoisotopic (exact) mass is 548 g/mol. The van der Waals surface area contributed by atoms with Crippen molar-refractivity contribution < 1.29 is 4.79 Å². The number of guanidine groups is 1. The summed E-state index contributed by atoms with van der Waals surface area (Å²) in [4.78, 5) is 24.7. The normalized spacial score (nSPS) is 24.8. The Morgan fingerprint density at radius 1 is 1.03 bits per heavy atom. The standard InChI is InChI=1S/C23H44N6O.HI/c1-4-24-23(25-16-19(3)17-28-14-12-27(5-2)13-15-28)26-21-10-11-29(18-21)22(30)20-8-6-7-9-20;/h19-21H,4-18H2,1-3H3,(H2,24,25,26);1H. The van der Waals surface area contributed by atoms with Crippen molar-refractivity contribution in [2.45, 2.75) is 58.9 Å². The van der Waals surface area contributed by atoms with Crippen LogP contribution in [0, 0.1) is 11.8 Å². The fourth-order valence-electron chi connectivity index (χ4n) is 5.06. The zero-order valence-electron chi connectivity index (χ0n) is 19.9. The van der Waals surface area contributed by atoms with Crippen molar-refractivity contribution in [1.29, 1.82) is 0 Å². The third-order valence-corrected chi connectivity index (χ3v) is 6.93. The van der Waals surface area contributed by atoms with E-state index in [4.69, 9.17) is 4.99 Å². The van der Waals surface area contributed by atoms with Crippen molar-refractivity contribution in [3.63, 3.8) is 0 Å². The van der Waals surface area contributed by atoms with Crippen LogP contribution in [0.1, 0.15) is 52.9 Å². The first-order chi connectivity index (χ1) is 14.6. The lowest BCUT2D eigenvalue weighted by Crippen LogP contribution is -2.48. The molecule has 1 aliphatic carbocycles. The Balaban J connectivity index is 0.00000341. The molecule has 2 aliphatic heterocycles. The Morgan fingerprint density at radius 3 is 2.35 bits per heavy atom. The molecule has 0 radical (unpaired) electrons. The summed E-state index contributed by atoms with van der Waals surface area (Å²) >= 11 is 0. The molecule has 0 aromatic carbocycles. The van der Waals surface area contributed by atoms with Gasteiger partial charge in [0.05, 0.1) is 0 Å². The molecule has 1 amide bonds. The van der Waals surface area contributed by atoms with Gasteiger partial charge in [-0.15, -0.1) is 24.0 Å². The van der Waals surface area contributed by atoms with Gasteiger partial charge < -0.3 is 25.3 Å². The van der Waals surface area contributed by atoms with E-state index in [-0.39, 0.29) is 29.9 Å². The lowest BCUT2D eigenvalue weighted by molar-refractivity contribution is -0.134. The second-order valence-corrected chi connectivity index (χ2v) is 9.46. The van der Waals surface area contributed by atoms with Crippen LogP contribution in [0.4, 0.5) is 0 Å². The lowest BCUT2D eigenvalue weighted by Gasteiger charge is -2.35. The van der Waals surface area contributed by atoms with Gasteiger partial charge >= 0.3 is 0 Å². The van der Waals surface area contributed by atoms with E-state index < -0.39 is 0 Å². The van der Waals surface area contributed by atoms with Crippen molar-refractivity contribution in [2.24, 2.45) is 16.8 Å². The van der Waals surface area contributed by atoms with Crippen LogP contribution in [0.25, 0.3) is 0 Å². The molecular weight excluding hydrogens is 503 g/mol. The maximum atomic E-state index is 12.7. The van der Waals surface area contributed by atoms with Gasteiger partial charge in [0, 0.05) is 70.9 Å². The average Bonchev–Trinajstić information content (AvgIpc) is 3.45. The molecule has 0 bridgehead atoms. The number of rotatable bonds is 8. The molecule has 2 atom stereocenters. The maximum absolute atomic E-state index is 12.7. The number of hydrogen-bond acceptors (Lipinski definition) is 4. The number of nitrogens with one attached hydrogen (secondary N) is 2. The number of piperazine rings is 1. The highest BCUT2D eigenvalue weighted by atomic mass is 127. The largest absolute Gasteiger partial charge is 0.357 e. The van der Waals surface area contributed by atoms with Crippen LogP contribution in [0.15, 0.2) is 4.99 Å². The number of amides is 1. The summed E-state index contributed by atoms with van der Waals surface area (Å²) in [5.74, 6) is 2.11. The number of halogens is 1. The highest BCUT2D eigenvalue weighted by Crippen LogP contribution is 2.27. The van der Waals surface area contributed by atoms with Gasteiger partial charge in [0.2, 0.25) is 5.91 Å². The van der Waals surface area contributed by atoms with E-state index in [1.54, 1.807) is 0 Å². The second-order valence-electron chi connectivity index (χ2n) is 9.46. The molecule has 0 aromatic heterocycles. The molecule has 7 nitrogen and oxygen atoms in total. The quantitative estimate of drug-likeness (QED) is 0.277. The van der Waals surface area contributed by atoms with Crippen LogP contribution in [-0.4, -0.2) is 98.1 Å². The number of nitrogens with zero attached hydrogens (tertiary/aromatic N) is 4. The Labute approximate surface area is 206 Å². The Kier molecular flexibility index (Phi) is 11.9. The molecule has 2 heterocycles. The minimum absolute atomic E-state index is 0. The van der Waals surface area contributed by atoms with Gasteiger partial charge in [-0.1, -0.05) is 26.7 Å². The predicted octanol–water partition coefficient (Wildman–Crippen LogP) is 2.22. The minimum Gasteiger partial charge on any atom is -0.357 e. The van der Waals surface area contributed by atoms with Crippen LogP contribution in [0.3, 0.4) is 0 Å². The number of likely N-dealkylation sites (tertiary alicyclic amines) is 1. The van der Waals surface area contributed by atoms with Crippen molar-refractivity contribution in [3.8, 4) is 0 Å². The zero-order chi connectivity index (χ0) is 21.3. The summed E-state index contributed by atoms with van der Waals surface area (Å²) in [6, 6.07) is 0.311. The van der Waals surface area contributed by atoms with Crippen LogP contribution in [-0.2, 0) is 4.79 Å². The SMILES string of the molecule is CCNC(=NCC(C)CN1CCN(CC)CC1)NC1CCN(C(=O)C2CCCC2)C1.I. The Bertz CT molecular complexity index is 560. The molecule has 2 saturated heterocycles. The molecule has 31 heavy (non-hydrogen) atoms. The van der Waals surface area contributed by atoms with Gasteiger partial charge in [0.25, 0.3) is 0 Å². The molecule has 0 aromatic rings. The number of hydrogen-bond donors (Lipinski definition) is 2. The van der Waals surface area contributed by atoms with E-state index in [9.17, 15) is 4.79 Å². The van der Waals surface area contributed by atoms with Crippen molar-refractivity contribution in [1.82, 2.24) is 25.3 Å². The lowest BCUT2D eigenvalue weighted by atomic mass is 10.1. The summed E-state index contributed by atoms with van der Waals surface area (Å²) < 4.78 is 0. The average molecular weight is 549 g/mol. The fraction of sp³-hybridized carbons (Fsp3) is 0.913. The van der Waals surface area contributed by atoms with Gasteiger partial charge in [0.1, 0.15) is 0 Å². The minimum atomic E-state index is 0. The summed E-state index contributed by atoms with van der Waals surface area (Å²) in [7, 11) is 0.